The summed E-state index contributed by atoms with van der Waals surface area (Å²) in [5, 5.41) is 0. The maximum absolute atomic E-state index is 12.6. The molecule has 0 radical (unpaired) electrons. The highest BCUT2D eigenvalue weighted by Crippen LogP contribution is 2.27. The van der Waals surface area contributed by atoms with Crippen molar-refractivity contribution in [1.29, 1.82) is 0 Å². The van der Waals surface area contributed by atoms with Crippen LogP contribution in [-0.4, -0.2) is 17.6 Å². The van der Waals surface area contributed by atoms with Crippen molar-refractivity contribution in [2.45, 2.75) is 13.5 Å². The molecule has 2 aromatic carbocycles. The summed E-state index contributed by atoms with van der Waals surface area (Å²) in [6, 6.07) is 13.3. The number of ether oxygens (including phenoxy) is 1. The van der Waals surface area contributed by atoms with E-state index in [0.29, 0.717) is 16.9 Å². The largest absolute Gasteiger partial charge is 0.495 e. The molecule has 122 valence electrons. The predicted molar refractivity (Wildman–Crippen MR) is 97.6 cm³/mol. The standard InChI is InChI=1S/C19H18N2O2S/c1-4-12-21-17-15(23-3)10-7-11-16(17)24-19(21)20-18(22)14-9-6-5-8-13(14)2/h4-11H,1,12H2,2-3H3. The molecule has 5 heteroatoms. The number of para-hydroxylation sites is 1. The van der Waals surface area contributed by atoms with Crippen LogP contribution in [0.25, 0.3) is 10.2 Å². The van der Waals surface area contributed by atoms with E-state index in [9.17, 15) is 4.79 Å². The molecule has 0 bridgehead atoms. The number of rotatable bonds is 4. The molecule has 1 heterocycles. The normalized spacial score (nSPS) is 11.7. The number of benzene rings is 2. The monoisotopic (exact) mass is 338 g/mol. The summed E-state index contributed by atoms with van der Waals surface area (Å²) >= 11 is 1.47. The number of fused-ring (bicyclic) bond motifs is 1. The SMILES string of the molecule is C=CCn1c(=NC(=O)c2ccccc2C)sc2cccc(OC)c21. The minimum absolute atomic E-state index is 0.239. The molecule has 3 aromatic rings. The van der Waals surface area contributed by atoms with Gasteiger partial charge in [0.25, 0.3) is 5.91 Å². The summed E-state index contributed by atoms with van der Waals surface area (Å²) in [7, 11) is 1.64. The van der Waals surface area contributed by atoms with E-state index < -0.39 is 0 Å². The van der Waals surface area contributed by atoms with Crippen LogP contribution < -0.4 is 9.54 Å². The van der Waals surface area contributed by atoms with Crippen LogP contribution >= 0.6 is 11.3 Å². The second kappa shape index (κ2) is 6.84. The number of carbonyl (C=O) groups is 1. The van der Waals surface area contributed by atoms with Gasteiger partial charge in [-0.15, -0.1) is 6.58 Å². The molecular formula is C19H18N2O2S. The first-order chi connectivity index (χ1) is 11.7. The molecule has 0 N–H and O–H groups in total. The van der Waals surface area contributed by atoms with Gasteiger partial charge in [0.1, 0.15) is 11.3 Å². The van der Waals surface area contributed by atoms with Gasteiger partial charge in [-0.2, -0.15) is 4.99 Å². The number of nitrogens with zero attached hydrogens (tertiary/aromatic N) is 2. The number of hydrogen-bond donors (Lipinski definition) is 0. The summed E-state index contributed by atoms with van der Waals surface area (Å²) in [4.78, 5) is 17.6. The van der Waals surface area contributed by atoms with Crippen molar-refractivity contribution < 1.29 is 9.53 Å². The van der Waals surface area contributed by atoms with E-state index in [2.05, 4.69) is 11.6 Å². The first kappa shape index (κ1) is 16.2. The fourth-order valence-corrected chi connectivity index (χ4v) is 3.66. The van der Waals surface area contributed by atoms with Crippen molar-refractivity contribution in [1.82, 2.24) is 4.57 Å². The number of amides is 1. The van der Waals surface area contributed by atoms with Gasteiger partial charge in [0.2, 0.25) is 0 Å². The molecule has 0 atom stereocenters. The van der Waals surface area contributed by atoms with Gasteiger partial charge in [0, 0.05) is 12.1 Å². The molecule has 0 aliphatic heterocycles. The molecule has 0 aliphatic carbocycles. The second-order valence-electron chi connectivity index (χ2n) is 5.32. The van der Waals surface area contributed by atoms with E-state index in [1.54, 1.807) is 19.3 Å². The van der Waals surface area contributed by atoms with Crippen molar-refractivity contribution in [3.8, 4) is 5.75 Å². The van der Waals surface area contributed by atoms with Gasteiger partial charge in [0.15, 0.2) is 4.80 Å². The highest BCUT2D eigenvalue weighted by molar-refractivity contribution is 7.16. The first-order valence-corrected chi connectivity index (χ1v) is 8.39. The van der Waals surface area contributed by atoms with Crippen molar-refractivity contribution in [3.05, 3.63) is 71.0 Å². The summed E-state index contributed by atoms with van der Waals surface area (Å²) in [6.45, 7) is 6.27. The predicted octanol–water partition coefficient (Wildman–Crippen LogP) is 3.95. The quantitative estimate of drug-likeness (QED) is 0.676. The maximum atomic E-state index is 12.6. The Hall–Kier alpha value is -2.66. The van der Waals surface area contributed by atoms with Gasteiger partial charge in [-0.05, 0) is 30.7 Å². The molecule has 3 rings (SSSR count). The van der Waals surface area contributed by atoms with Gasteiger partial charge < -0.3 is 9.30 Å². The van der Waals surface area contributed by atoms with E-state index in [1.807, 2.05) is 47.9 Å². The van der Waals surface area contributed by atoms with Gasteiger partial charge in [-0.1, -0.05) is 41.7 Å². The highest BCUT2D eigenvalue weighted by Gasteiger charge is 2.12. The van der Waals surface area contributed by atoms with E-state index >= 15 is 0 Å². The fourth-order valence-electron chi connectivity index (χ4n) is 2.61. The average Bonchev–Trinajstić information content (AvgIpc) is 2.93. The average molecular weight is 338 g/mol. The third kappa shape index (κ3) is 2.90. The third-order valence-corrected chi connectivity index (χ3v) is 4.81. The van der Waals surface area contributed by atoms with E-state index in [4.69, 9.17) is 4.74 Å². The number of thiazole rings is 1. The van der Waals surface area contributed by atoms with Gasteiger partial charge in [0.05, 0.1) is 11.8 Å². The van der Waals surface area contributed by atoms with Crippen LogP contribution in [0.1, 0.15) is 15.9 Å². The molecule has 0 unspecified atom stereocenters. The maximum Gasteiger partial charge on any atom is 0.279 e. The van der Waals surface area contributed by atoms with E-state index in [1.165, 1.54) is 11.3 Å². The smallest absolute Gasteiger partial charge is 0.279 e. The molecule has 0 fully saturated rings. The highest BCUT2D eigenvalue weighted by atomic mass is 32.1. The number of hydrogen-bond acceptors (Lipinski definition) is 3. The van der Waals surface area contributed by atoms with Crippen LogP contribution in [0.3, 0.4) is 0 Å². The summed E-state index contributed by atoms with van der Waals surface area (Å²) in [5.41, 5.74) is 2.47. The number of aryl methyl sites for hydroxylation is 1. The molecule has 0 spiro atoms. The summed E-state index contributed by atoms with van der Waals surface area (Å²) in [5.74, 6) is 0.520. The summed E-state index contributed by atoms with van der Waals surface area (Å²) in [6.07, 6.45) is 1.79. The molecule has 24 heavy (non-hydrogen) atoms. The molecule has 4 nitrogen and oxygen atoms in total. The zero-order valence-electron chi connectivity index (χ0n) is 13.7. The number of allylic oxidation sites excluding steroid dienone is 1. The van der Waals surface area contributed by atoms with Crippen molar-refractivity contribution >= 4 is 27.5 Å². The fraction of sp³-hybridized carbons (Fsp3) is 0.158. The van der Waals surface area contributed by atoms with Crippen LogP contribution in [0.15, 0.2) is 60.1 Å². The third-order valence-electron chi connectivity index (χ3n) is 3.77. The lowest BCUT2D eigenvalue weighted by Gasteiger charge is -2.06. The lowest BCUT2D eigenvalue weighted by molar-refractivity contribution is 0.0997. The molecule has 0 saturated carbocycles. The lowest BCUT2D eigenvalue weighted by Crippen LogP contribution is -2.16. The molecule has 1 amide bonds. The zero-order valence-corrected chi connectivity index (χ0v) is 14.5. The van der Waals surface area contributed by atoms with Gasteiger partial charge in [-0.25, -0.2) is 0 Å². The van der Waals surface area contributed by atoms with E-state index in [-0.39, 0.29) is 5.91 Å². The second-order valence-corrected chi connectivity index (χ2v) is 6.33. The van der Waals surface area contributed by atoms with Crippen LogP contribution in [-0.2, 0) is 6.54 Å². The number of aromatic nitrogens is 1. The van der Waals surface area contributed by atoms with Gasteiger partial charge in [-0.3, -0.25) is 4.79 Å². The van der Waals surface area contributed by atoms with E-state index in [0.717, 1.165) is 21.5 Å². The first-order valence-electron chi connectivity index (χ1n) is 7.57. The minimum atomic E-state index is -0.239. The Labute approximate surface area is 144 Å². The molecule has 0 saturated heterocycles. The molecular weight excluding hydrogens is 320 g/mol. The lowest BCUT2D eigenvalue weighted by atomic mass is 10.1. The van der Waals surface area contributed by atoms with Crippen LogP contribution in [0.5, 0.6) is 5.75 Å². The van der Waals surface area contributed by atoms with Crippen molar-refractivity contribution in [3.63, 3.8) is 0 Å². The Kier molecular flexibility index (Phi) is 4.62. The van der Waals surface area contributed by atoms with Crippen LogP contribution in [0.2, 0.25) is 0 Å². The Morgan fingerprint density at radius 3 is 2.79 bits per heavy atom. The number of carbonyl (C=O) groups excluding carboxylic acids is 1. The number of methoxy groups -OCH3 is 1. The summed E-state index contributed by atoms with van der Waals surface area (Å²) < 4.78 is 8.44. The Morgan fingerprint density at radius 1 is 1.29 bits per heavy atom. The minimum Gasteiger partial charge on any atom is -0.495 e. The van der Waals surface area contributed by atoms with Crippen LogP contribution in [0, 0.1) is 6.92 Å². The van der Waals surface area contributed by atoms with Crippen molar-refractivity contribution in [2.75, 3.05) is 7.11 Å². The molecule has 1 aromatic heterocycles. The topological polar surface area (TPSA) is 43.6 Å². The van der Waals surface area contributed by atoms with Gasteiger partial charge >= 0.3 is 0 Å². The Morgan fingerprint density at radius 2 is 2.08 bits per heavy atom. The van der Waals surface area contributed by atoms with Crippen LogP contribution in [0.4, 0.5) is 0 Å². The zero-order chi connectivity index (χ0) is 17.1. The van der Waals surface area contributed by atoms with Crippen molar-refractivity contribution in [2.24, 2.45) is 4.99 Å². The Bertz CT molecular complexity index is 982. The Balaban J connectivity index is 2.22. The molecule has 0 aliphatic rings.